The summed E-state index contributed by atoms with van der Waals surface area (Å²) < 4.78 is 0. The Morgan fingerprint density at radius 3 is 1.57 bits per heavy atom. The van der Waals surface area contributed by atoms with E-state index in [1.54, 1.807) is 62.6 Å². The van der Waals surface area contributed by atoms with Crippen LogP contribution in [-0.2, 0) is 51.2 Å². The molecule has 0 saturated carbocycles. The number of hydrogen-bond donors (Lipinski definition) is 14. The van der Waals surface area contributed by atoms with E-state index >= 15 is 0 Å². The van der Waals surface area contributed by atoms with Crippen LogP contribution in [0, 0.1) is 5.92 Å². The maximum absolute atomic E-state index is 14.1. The van der Waals surface area contributed by atoms with Crippen molar-refractivity contribution in [1.29, 1.82) is 0 Å². The lowest BCUT2D eigenvalue weighted by molar-refractivity contribution is -0.143. The fourth-order valence-electron chi connectivity index (χ4n) is 6.46. The zero-order valence-electron chi connectivity index (χ0n) is 39.1. The van der Waals surface area contributed by atoms with E-state index in [1.165, 1.54) is 23.9 Å². The number of phenols is 1. The van der Waals surface area contributed by atoms with Crippen molar-refractivity contribution in [2.24, 2.45) is 44.6 Å². The maximum Gasteiger partial charge on any atom is 0.326 e. The van der Waals surface area contributed by atoms with Gasteiger partial charge in [0.25, 0.3) is 0 Å². The zero-order chi connectivity index (χ0) is 51.5. The van der Waals surface area contributed by atoms with Gasteiger partial charge in [0.1, 0.15) is 36.0 Å². The molecule has 69 heavy (non-hydrogen) atoms. The lowest BCUT2D eigenvalue weighted by Crippen LogP contribution is -2.59. The van der Waals surface area contributed by atoms with Crippen LogP contribution in [0.5, 0.6) is 5.75 Å². The number of rotatable bonds is 31. The molecular weight excluding hydrogens is 917 g/mol. The summed E-state index contributed by atoms with van der Waals surface area (Å²) in [6.45, 7) is 2.28. The van der Waals surface area contributed by atoms with Crippen LogP contribution in [-0.4, -0.2) is 144 Å². The highest BCUT2D eigenvalue weighted by atomic mass is 32.2. The van der Waals surface area contributed by atoms with E-state index in [1.807, 2.05) is 0 Å². The molecule has 2 aromatic rings. The minimum Gasteiger partial charge on any atom is -0.508 e. The minimum atomic E-state index is -1.32. The molecule has 6 unspecified atom stereocenters. The molecule has 0 aliphatic heterocycles. The average molecular weight is 985 g/mol. The molecule has 25 heteroatoms. The molecule has 0 aromatic heterocycles. The first-order valence-electron chi connectivity index (χ1n) is 22.2. The van der Waals surface area contributed by atoms with Gasteiger partial charge in [-0.05, 0) is 79.7 Å². The summed E-state index contributed by atoms with van der Waals surface area (Å²) in [5.74, 6) is -7.03. The molecule has 380 valence electrons. The number of thioether (sulfide) groups is 1. The number of amides is 7. The highest BCUT2D eigenvalue weighted by molar-refractivity contribution is 7.98. The summed E-state index contributed by atoms with van der Waals surface area (Å²) in [6, 6.07) is 7.39. The van der Waals surface area contributed by atoms with Crippen molar-refractivity contribution in [2.45, 2.75) is 95.0 Å². The second kappa shape index (κ2) is 31.0. The number of aliphatic imine (C=N–C) groups is 2. The Morgan fingerprint density at radius 1 is 0.594 bits per heavy atom. The van der Waals surface area contributed by atoms with Gasteiger partial charge in [-0.25, -0.2) is 4.79 Å². The number of guanidine groups is 2. The molecule has 19 N–H and O–H groups in total. The quantitative estimate of drug-likeness (QED) is 0.0201. The monoisotopic (exact) mass is 984 g/mol. The van der Waals surface area contributed by atoms with Crippen LogP contribution in [0.25, 0.3) is 0 Å². The number of nitrogens with one attached hydrogen (secondary N) is 7. The Labute approximate surface area is 405 Å². The molecular formula is C44H68N14O10S. The summed E-state index contributed by atoms with van der Waals surface area (Å²) in [6.07, 6.45) is 2.28. The molecule has 24 nitrogen and oxygen atoms in total. The van der Waals surface area contributed by atoms with E-state index in [-0.39, 0.29) is 75.7 Å². The third-order valence-electron chi connectivity index (χ3n) is 10.2. The average Bonchev–Trinajstić information content (AvgIpc) is 3.30. The fourth-order valence-corrected chi connectivity index (χ4v) is 6.93. The van der Waals surface area contributed by atoms with E-state index in [0.29, 0.717) is 16.9 Å². The summed E-state index contributed by atoms with van der Waals surface area (Å²) in [5.41, 5.74) is 29.2. The number of nitrogens with two attached hydrogens (primary N) is 5. The first-order chi connectivity index (χ1) is 32.7. The van der Waals surface area contributed by atoms with Crippen molar-refractivity contribution >= 4 is 71.0 Å². The predicted octanol–water partition coefficient (Wildman–Crippen LogP) is -3.24. The molecule has 2 aromatic carbocycles. The number of hydrogen-bond acceptors (Lipinski definition) is 13. The van der Waals surface area contributed by atoms with Gasteiger partial charge in [0.15, 0.2) is 11.9 Å². The number of carbonyl (C=O) groups excluding carboxylic acids is 7. The van der Waals surface area contributed by atoms with Crippen molar-refractivity contribution in [3.63, 3.8) is 0 Å². The number of carboxylic acid groups (broad SMARTS) is 1. The van der Waals surface area contributed by atoms with Crippen molar-refractivity contribution in [3.05, 3.63) is 65.7 Å². The smallest absolute Gasteiger partial charge is 0.326 e. The van der Waals surface area contributed by atoms with E-state index in [0.717, 1.165) is 0 Å². The maximum atomic E-state index is 14.1. The van der Waals surface area contributed by atoms with Crippen molar-refractivity contribution < 1.29 is 48.6 Å². The molecule has 0 bridgehead atoms. The number of phenolic OH excluding ortho intramolecular Hbond substituents is 1. The number of benzene rings is 2. The summed E-state index contributed by atoms with van der Waals surface area (Å²) in [7, 11) is 0. The Kier molecular flexibility index (Phi) is 26.0. The molecule has 0 radical (unpaired) electrons. The third-order valence-corrected chi connectivity index (χ3v) is 10.8. The predicted molar refractivity (Wildman–Crippen MR) is 261 cm³/mol. The number of aliphatic carboxylic acids is 1. The zero-order valence-corrected chi connectivity index (χ0v) is 39.9. The lowest BCUT2D eigenvalue weighted by Gasteiger charge is -2.27. The van der Waals surface area contributed by atoms with Gasteiger partial charge in [0.2, 0.25) is 41.4 Å². The van der Waals surface area contributed by atoms with Gasteiger partial charge < -0.3 is 76.1 Å². The summed E-state index contributed by atoms with van der Waals surface area (Å²) in [4.78, 5) is 114. The number of carboxylic acids is 1. The summed E-state index contributed by atoms with van der Waals surface area (Å²) in [5, 5.41) is 37.1. The van der Waals surface area contributed by atoms with E-state index in [9.17, 15) is 48.6 Å². The SMILES string of the molecule is CSCCC(NC(=O)C(Cc1ccccc1)NC(=O)CNC(=O)CNC(=O)C(N)Cc1ccc(O)cc1)C(=O)NC(CCCN=C(N)N)C(=O)NC(CCCN=C(N)N)C(=O)NC(C(=O)O)C(C)C. The highest BCUT2D eigenvalue weighted by Gasteiger charge is 2.33. The van der Waals surface area contributed by atoms with E-state index < -0.39 is 103 Å². The molecule has 0 aliphatic rings. The number of aromatic hydroxyl groups is 1. The van der Waals surface area contributed by atoms with E-state index in [2.05, 4.69) is 47.2 Å². The Hall–Kier alpha value is -7.15. The van der Waals surface area contributed by atoms with Crippen LogP contribution in [0.15, 0.2) is 64.6 Å². The van der Waals surface area contributed by atoms with Crippen LogP contribution in [0.3, 0.4) is 0 Å². The Bertz CT molecular complexity index is 2070. The Morgan fingerprint density at radius 2 is 1.07 bits per heavy atom. The van der Waals surface area contributed by atoms with Gasteiger partial charge >= 0.3 is 5.97 Å². The van der Waals surface area contributed by atoms with Gasteiger partial charge in [-0.15, -0.1) is 0 Å². The normalized spacial score (nSPS) is 13.4. The Balaban J connectivity index is 2.27. The standard InChI is InChI=1S/C44H68N14O10S/c1-25(2)36(42(67)68)58-40(65)31(12-8-19-51-44(48)49)56-38(63)30(11-7-18-50-43(46)47)55-39(64)32(17-20-69-3)57-41(66)33(22-26-9-5-4-6-10-26)54-35(61)24-52-34(60)23-53-37(62)29(45)21-27-13-15-28(59)16-14-27/h4-6,9-10,13-16,25,29-33,36,59H,7-8,11-12,17-24,45H2,1-3H3,(H,52,60)(H,53,62)(H,54,61)(H,55,64)(H,56,63)(H,57,66)(H,58,65)(H,67,68)(H4,46,47,50)(H4,48,49,51). The number of carbonyl (C=O) groups is 8. The minimum absolute atomic E-state index is 0.0215. The highest BCUT2D eigenvalue weighted by Crippen LogP contribution is 2.12. The van der Waals surface area contributed by atoms with Crippen LogP contribution < -0.4 is 65.9 Å². The molecule has 7 amide bonds. The largest absolute Gasteiger partial charge is 0.508 e. The van der Waals surface area contributed by atoms with Crippen LogP contribution in [0.2, 0.25) is 0 Å². The molecule has 0 saturated heterocycles. The van der Waals surface area contributed by atoms with Crippen LogP contribution >= 0.6 is 11.8 Å². The summed E-state index contributed by atoms with van der Waals surface area (Å²) >= 11 is 1.38. The van der Waals surface area contributed by atoms with E-state index in [4.69, 9.17) is 28.7 Å². The molecule has 2 rings (SSSR count). The van der Waals surface area contributed by atoms with Gasteiger partial charge in [-0.1, -0.05) is 56.3 Å². The molecule has 0 aliphatic carbocycles. The first kappa shape index (κ1) is 58.0. The molecule has 0 heterocycles. The van der Waals surface area contributed by atoms with Gasteiger partial charge in [-0.2, -0.15) is 11.8 Å². The molecule has 0 spiro atoms. The van der Waals surface area contributed by atoms with Gasteiger partial charge in [0.05, 0.1) is 19.1 Å². The second-order valence-electron chi connectivity index (χ2n) is 16.2. The molecule has 6 atom stereocenters. The van der Waals surface area contributed by atoms with Crippen molar-refractivity contribution in [2.75, 3.05) is 38.2 Å². The van der Waals surface area contributed by atoms with Crippen LogP contribution in [0.1, 0.15) is 57.1 Å². The van der Waals surface area contributed by atoms with Gasteiger partial charge in [0, 0.05) is 19.5 Å². The van der Waals surface area contributed by atoms with Crippen molar-refractivity contribution in [1.82, 2.24) is 37.2 Å². The number of nitrogens with zero attached hydrogens (tertiary/aromatic N) is 2. The fraction of sp³-hybridized carbons (Fsp3) is 0.500. The molecule has 0 fully saturated rings. The second-order valence-corrected chi connectivity index (χ2v) is 17.2. The lowest BCUT2D eigenvalue weighted by atomic mass is 10.0. The van der Waals surface area contributed by atoms with Gasteiger partial charge in [-0.3, -0.25) is 43.5 Å². The topological polar surface area (TPSA) is 416 Å². The third kappa shape index (κ3) is 23.4. The van der Waals surface area contributed by atoms with Crippen molar-refractivity contribution in [3.8, 4) is 5.75 Å². The first-order valence-corrected chi connectivity index (χ1v) is 23.5. The van der Waals surface area contributed by atoms with Crippen LogP contribution in [0.4, 0.5) is 0 Å².